The molecule has 0 unspecified atom stereocenters. The fourth-order valence-electron chi connectivity index (χ4n) is 3.15. The van der Waals surface area contributed by atoms with Crippen LogP contribution in [0, 0.1) is 6.92 Å². The van der Waals surface area contributed by atoms with E-state index in [-0.39, 0.29) is 0 Å². The second-order valence-corrected chi connectivity index (χ2v) is 6.39. The van der Waals surface area contributed by atoms with Crippen LogP contribution in [0.15, 0.2) is 30.5 Å². The first-order valence-electron chi connectivity index (χ1n) is 8.79. The van der Waals surface area contributed by atoms with Crippen LogP contribution in [0.1, 0.15) is 11.4 Å². The summed E-state index contributed by atoms with van der Waals surface area (Å²) in [6.45, 7) is 6.63. The zero-order valence-electron chi connectivity index (χ0n) is 15.1. The molecule has 0 aliphatic carbocycles. The molecule has 1 aromatic carbocycles. The monoisotopic (exact) mass is 353 g/mol. The average Bonchev–Trinajstić information content (AvgIpc) is 3.15. The summed E-state index contributed by atoms with van der Waals surface area (Å²) in [5.74, 6) is 0.796. The molecule has 0 saturated carbocycles. The molecule has 1 aliphatic rings. The number of benzene rings is 1. The quantitative estimate of drug-likeness (QED) is 0.709. The number of aromatic nitrogens is 4. The van der Waals surface area contributed by atoms with E-state index in [2.05, 4.69) is 31.0 Å². The highest BCUT2D eigenvalue weighted by molar-refractivity contribution is 5.88. The standard InChI is InChI=1S/C18H23N7O/c1-13-9-18(16-10-15(26-2)3-4-17(16)21-13)25-12-14(22-23-25)11-20-24-7-5-19-6-8-24/h3-4,9-10,12,19-20H,5-8,11H2,1-2H3. The number of hydrazine groups is 1. The van der Waals surface area contributed by atoms with E-state index in [1.54, 1.807) is 7.11 Å². The number of hydrogen-bond donors (Lipinski definition) is 2. The van der Waals surface area contributed by atoms with Crippen molar-refractivity contribution in [1.82, 2.24) is 35.7 Å². The smallest absolute Gasteiger partial charge is 0.119 e. The number of nitrogens with one attached hydrogen (secondary N) is 2. The Morgan fingerprint density at radius 3 is 2.88 bits per heavy atom. The Kier molecular flexibility index (Phi) is 4.79. The van der Waals surface area contributed by atoms with Gasteiger partial charge in [0.2, 0.25) is 0 Å². The van der Waals surface area contributed by atoms with Crippen LogP contribution in [-0.2, 0) is 6.54 Å². The van der Waals surface area contributed by atoms with Gasteiger partial charge < -0.3 is 10.1 Å². The fraction of sp³-hybridized carbons (Fsp3) is 0.389. The van der Waals surface area contributed by atoms with Crippen molar-refractivity contribution in [1.29, 1.82) is 0 Å². The molecule has 3 aromatic rings. The third-order valence-electron chi connectivity index (χ3n) is 4.51. The number of piperazine rings is 1. The molecule has 8 nitrogen and oxygen atoms in total. The van der Waals surface area contributed by atoms with Gasteiger partial charge in [-0.3, -0.25) is 4.98 Å². The van der Waals surface area contributed by atoms with Crippen LogP contribution in [0.2, 0.25) is 0 Å². The molecule has 0 amide bonds. The Morgan fingerprint density at radius 2 is 2.08 bits per heavy atom. The lowest BCUT2D eigenvalue weighted by Crippen LogP contribution is -2.49. The molecule has 1 aliphatic heterocycles. The molecule has 0 radical (unpaired) electrons. The van der Waals surface area contributed by atoms with Gasteiger partial charge in [0, 0.05) is 37.3 Å². The number of pyridine rings is 1. The van der Waals surface area contributed by atoms with E-state index in [4.69, 9.17) is 4.74 Å². The Bertz CT molecular complexity index is 902. The van der Waals surface area contributed by atoms with Crippen molar-refractivity contribution < 1.29 is 4.74 Å². The zero-order chi connectivity index (χ0) is 17.9. The largest absolute Gasteiger partial charge is 0.497 e. The van der Waals surface area contributed by atoms with Crippen molar-refractivity contribution in [2.45, 2.75) is 13.5 Å². The molecule has 136 valence electrons. The summed E-state index contributed by atoms with van der Waals surface area (Å²) in [6, 6.07) is 7.89. The SMILES string of the molecule is COc1ccc2nc(C)cc(-n3cc(CNN4CCNCC4)nn3)c2c1. The van der Waals surface area contributed by atoms with E-state index in [0.717, 1.165) is 59.9 Å². The van der Waals surface area contributed by atoms with Crippen LogP contribution < -0.4 is 15.5 Å². The second-order valence-electron chi connectivity index (χ2n) is 6.39. The molecule has 0 atom stereocenters. The first-order chi connectivity index (χ1) is 12.7. The van der Waals surface area contributed by atoms with Gasteiger partial charge in [-0.2, -0.15) is 0 Å². The van der Waals surface area contributed by atoms with Gasteiger partial charge >= 0.3 is 0 Å². The lowest BCUT2D eigenvalue weighted by atomic mass is 10.1. The topological polar surface area (TPSA) is 80.1 Å². The minimum atomic E-state index is 0.658. The van der Waals surface area contributed by atoms with Crippen LogP contribution in [0.25, 0.3) is 16.6 Å². The van der Waals surface area contributed by atoms with Crippen molar-refractivity contribution >= 4 is 10.9 Å². The Hall–Kier alpha value is -2.55. The molecular weight excluding hydrogens is 330 g/mol. The maximum Gasteiger partial charge on any atom is 0.119 e. The number of aryl methyl sites for hydroxylation is 1. The Morgan fingerprint density at radius 1 is 1.23 bits per heavy atom. The maximum atomic E-state index is 5.36. The highest BCUT2D eigenvalue weighted by Crippen LogP contribution is 2.25. The number of nitrogens with zero attached hydrogens (tertiary/aromatic N) is 5. The number of methoxy groups -OCH3 is 1. The van der Waals surface area contributed by atoms with Gasteiger partial charge in [0.25, 0.3) is 0 Å². The molecule has 2 N–H and O–H groups in total. The summed E-state index contributed by atoms with van der Waals surface area (Å²) >= 11 is 0. The van der Waals surface area contributed by atoms with Gasteiger partial charge in [0.15, 0.2) is 0 Å². The van der Waals surface area contributed by atoms with Gasteiger partial charge in [0.05, 0.1) is 36.7 Å². The van der Waals surface area contributed by atoms with Crippen molar-refractivity contribution in [2.24, 2.45) is 0 Å². The van der Waals surface area contributed by atoms with Crippen molar-refractivity contribution in [3.8, 4) is 11.4 Å². The van der Waals surface area contributed by atoms with E-state index < -0.39 is 0 Å². The van der Waals surface area contributed by atoms with E-state index in [9.17, 15) is 0 Å². The van der Waals surface area contributed by atoms with Crippen LogP contribution >= 0.6 is 0 Å². The van der Waals surface area contributed by atoms with E-state index >= 15 is 0 Å². The molecular formula is C18H23N7O. The minimum absolute atomic E-state index is 0.658. The van der Waals surface area contributed by atoms with Crippen molar-refractivity contribution in [2.75, 3.05) is 33.3 Å². The normalized spacial score (nSPS) is 15.5. The van der Waals surface area contributed by atoms with Crippen LogP contribution in [0.4, 0.5) is 0 Å². The number of rotatable bonds is 5. The first kappa shape index (κ1) is 16.9. The van der Waals surface area contributed by atoms with E-state index in [1.807, 2.05) is 42.1 Å². The predicted molar refractivity (Wildman–Crippen MR) is 99.2 cm³/mol. The first-order valence-corrected chi connectivity index (χ1v) is 8.79. The molecule has 1 fully saturated rings. The van der Waals surface area contributed by atoms with Gasteiger partial charge in [-0.05, 0) is 31.2 Å². The molecule has 1 saturated heterocycles. The number of fused-ring (bicyclic) bond motifs is 1. The predicted octanol–water partition coefficient (Wildman–Crippen LogP) is 1.04. The molecule has 0 bridgehead atoms. The molecule has 3 heterocycles. The van der Waals surface area contributed by atoms with E-state index in [1.165, 1.54) is 0 Å². The fourth-order valence-corrected chi connectivity index (χ4v) is 3.15. The van der Waals surface area contributed by atoms with Gasteiger partial charge in [-0.25, -0.2) is 15.1 Å². The van der Waals surface area contributed by atoms with Crippen molar-refractivity contribution in [3.05, 3.63) is 41.9 Å². The average molecular weight is 353 g/mol. The number of ether oxygens (including phenoxy) is 1. The molecule has 4 rings (SSSR count). The summed E-state index contributed by atoms with van der Waals surface area (Å²) in [6.07, 6.45) is 1.96. The van der Waals surface area contributed by atoms with Crippen LogP contribution in [0.5, 0.6) is 5.75 Å². The molecule has 2 aromatic heterocycles. The Labute approximate surface area is 152 Å². The second kappa shape index (κ2) is 7.36. The zero-order valence-corrected chi connectivity index (χ0v) is 15.1. The van der Waals surface area contributed by atoms with Crippen molar-refractivity contribution in [3.63, 3.8) is 0 Å². The summed E-state index contributed by atoms with van der Waals surface area (Å²) in [5, 5.41) is 15.2. The van der Waals surface area contributed by atoms with Gasteiger partial charge in [-0.15, -0.1) is 5.10 Å². The minimum Gasteiger partial charge on any atom is -0.497 e. The molecule has 26 heavy (non-hydrogen) atoms. The third kappa shape index (κ3) is 3.52. The van der Waals surface area contributed by atoms with Gasteiger partial charge in [-0.1, -0.05) is 5.21 Å². The summed E-state index contributed by atoms with van der Waals surface area (Å²) in [5.41, 5.74) is 7.12. The van der Waals surface area contributed by atoms with E-state index in [0.29, 0.717) is 6.54 Å². The third-order valence-corrected chi connectivity index (χ3v) is 4.51. The summed E-state index contributed by atoms with van der Waals surface area (Å²) < 4.78 is 7.17. The Balaban J connectivity index is 1.60. The summed E-state index contributed by atoms with van der Waals surface area (Å²) in [4.78, 5) is 4.60. The maximum absolute atomic E-state index is 5.36. The van der Waals surface area contributed by atoms with Crippen LogP contribution in [0.3, 0.4) is 0 Å². The molecule has 8 heteroatoms. The summed E-state index contributed by atoms with van der Waals surface area (Å²) in [7, 11) is 1.66. The number of hydrogen-bond acceptors (Lipinski definition) is 7. The lowest BCUT2D eigenvalue weighted by molar-refractivity contribution is 0.160. The lowest BCUT2D eigenvalue weighted by Gasteiger charge is -2.27. The highest BCUT2D eigenvalue weighted by Gasteiger charge is 2.12. The highest BCUT2D eigenvalue weighted by atomic mass is 16.5. The van der Waals surface area contributed by atoms with Crippen LogP contribution in [-0.4, -0.2) is 58.3 Å². The van der Waals surface area contributed by atoms with Gasteiger partial charge in [0.1, 0.15) is 5.75 Å². The molecule has 0 spiro atoms.